The lowest BCUT2D eigenvalue weighted by Crippen LogP contribution is -2.08. The van der Waals surface area contributed by atoms with E-state index < -0.39 is 6.23 Å². The Labute approximate surface area is 87.3 Å². The largest absolute Gasteiger partial charge is 0.465 e. The minimum absolute atomic E-state index is 0.359. The van der Waals surface area contributed by atoms with Gasteiger partial charge < -0.3 is 4.74 Å². The number of hydrogen-bond acceptors (Lipinski definition) is 3. The van der Waals surface area contributed by atoms with Gasteiger partial charge in [0.15, 0.2) is 0 Å². The lowest BCUT2D eigenvalue weighted by molar-refractivity contribution is 0.261. The molecule has 0 spiro atoms. The summed E-state index contributed by atoms with van der Waals surface area (Å²) in [7, 11) is 0. The maximum Gasteiger partial charge on any atom is 0.212 e. The Bertz CT molecular complexity index is 420. The van der Waals surface area contributed by atoms with Crippen molar-refractivity contribution in [3.63, 3.8) is 0 Å². The third-order valence-corrected chi connectivity index (χ3v) is 1.96. The fourth-order valence-electron chi connectivity index (χ4n) is 1.44. The second-order valence-corrected chi connectivity index (χ2v) is 3.42. The number of pyridine rings is 1. The molecule has 0 bridgehead atoms. The van der Waals surface area contributed by atoms with Crippen molar-refractivity contribution in [1.82, 2.24) is 4.98 Å². The van der Waals surface area contributed by atoms with Gasteiger partial charge in [-0.15, -0.1) is 0 Å². The van der Waals surface area contributed by atoms with Crippen LogP contribution < -0.4 is 4.74 Å². The highest BCUT2D eigenvalue weighted by Crippen LogP contribution is 2.18. The summed E-state index contributed by atoms with van der Waals surface area (Å²) in [5.74, 6) is 0.301. The van der Waals surface area contributed by atoms with Gasteiger partial charge in [-0.2, -0.15) is 0 Å². The molecule has 15 heavy (non-hydrogen) atoms. The molecule has 1 aliphatic heterocycles. The van der Waals surface area contributed by atoms with Gasteiger partial charge in [0.2, 0.25) is 6.23 Å². The molecule has 0 saturated heterocycles. The van der Waals surface area contributed by atoms with E-state index >= 15 is 0 Å². The van der Waals surface area contributed by atoms with Gasteiger partial charge in [0, 0.05) is 29.6 Å². The number of halogens is 1. The number of aliphatic imine (C=N–C) groups is 1. The predicted octanol–water partition coefficient (Wildman–Crippen LogP) is 2.34. The van der Waals surface area contributed by atoms with Crippen LogP contribution >= 0.6 is 0 Å². The van der Waals surface area contributed by atoms with Gasteiger partial charge in [-0.25, -0.2) is 9.38 Å². The third kappa shape index (κ3) is 2.40. The molecule has 0 aliphatic carbocycles. The summed E-state index contributed by atoms with van der Waals surface area (Å²) >= 11 is 0. The summed E-state index contributed by atoms with van der Waals surface area (Å²) < 4.78 is 18.1. The topological polar surface area (TPSA) is 34.5 Å². The van der Waals surface area contributed by atoms with Crippen LogP contribution in [0.3, 0.4) is 0 Å². The van der Waals surface area contributed by atoms with E-state index in [2.05, 4.69) is 9.98 Å². The number of nitrogens with zero attached hydrogens (tertiary/aromatic N) is 2. The predicted molar refractivity (Wildman–Crippen MR) is 55.8 cm³/mol. The molecule has 2 heterocycles. The van der Waals surface area contributed by atoms with Crippen LogP contribution in [0.5, 0.6) is 5.75 Å². The quantitative estimate of drug-likeness (QED) is 0.744. The molecule has 78 valence electrons. The zero-order valence-electron chi connectivity index (χ0n) is 8.57. The van der Waals surface area contributed by atoms with E-state index in [0.717, 1.165) is 17.6 Å². The molecule has 1 unspecified atom stereocenters. The first-order valence-corrected chi connectivity index (χ1v) is 4.66. The molecular formula is C11H11FN2O. The van der Waals surface area contributed by atoms with Crippen LogP contribution in [0, 0.1) is 13.8 Å². The van der Waals surface area contributed by atoms with Gasteiger partial charge in [0.25, 0.3) is 0 Å². The summed E-state index contributed by atoms with van der Waals surface area (Å²) in [5, 5.41) is 0. The highest BCUT2D eigenvalue weighted by Gasteiger charge is 2.12. The van der Waals surface area contributed by atoms with Crippen molar-refractivity contribution >= 4 is 6.21 Å². The molecular weight excluding hydrogens is 195 g/mol. The van der Waals surface area contributed by atoms with Gasteiger partial charge in [-0.05, 0) is 13.8 Å². The Morgan fingerprint density at radius 1 is 1.27 bits per heavy atom. The Hall–Kier alpha value is -1.71. The first-order chi connectivity index (χ1) is 7.13. The molecule has 0 fully saturated rings. The minimum Gasteiger partial charge on any atom is -0.465 e. The SMILES string of the molecule is Cc1cc(OC2C=C(F)C=N2)cc(C)n1. The van der Waals surface area contributed by atoms with Crippen LogP contribution in [0.25, 0.3) is 0 Å². The van der Waals surface area contributed by atoms with E-state index in [1.807, 2.05) is 13.8 Å². The van der Waals surface area contributed by atoms with Crippen molar-refractivity contribution in [3.8, 4) is 5.75 Å². The summed E-state index contributed by atoms with van der Waals surface area (Å²) in [6.45, 7) is 3.77. The van der Waals surface area contributed by atoms with E-state index in [0.29, 0.717) is 5.75 Å². The Balaban J connectivity index is 2.15. The number of ether oxygens (including phenoxy) is 1. The number of hydrogen-bond donors (Lipinski definition) is 0. The van der Waals surface area contributed by atoms with Crippen molar-refractivity contribution in [2.24, 2.45) is 4.99 Å². The molecule has 0 aromatic carbocycles. The first-order valence-electron chi connectivity index (χ1n) is 4.66. The molecule has 1 aromatic heterocycles. The van der Waals surface area contributed by atoms with Crippen LogP contribution in [0.2, 0.25) is 0 Å². The van der Waals surface area contributed by atoms with E-state index in [1.165, 1.54) is 6.08 Å². The fraction of sp³-hybridized carbons (Fsp3) is 0.273. The normalized spacial score (nSPS) is 19.1. The molecule has 0 radical (unpaired) electrons. The van der Waals surface area contributed by atoms with Crippen molar-refractivity contribution in [3.05, 3.63) is 35.4 Å². The van der Waals surface area contributed by atoms with E-state index in [9.17, 15) is 4.39 Å². The maximum atomic E-state index is 12.7. The van der Waals surface area contributed by atoms with Crippen molar-refractivity contribution in [2.75, 3.05) is 0 Å². The van der Waals surface area contributed by atoms with E-state index in [4.69, 9.17) is 4.74 Å². The molecule has 4 heteroatoms. The fourth-order valence-corrected chi connectivity index (χ4v) is 1.44. The average molecular weight is 206 g/mol. The third-order valence-electron chi connectivity index (χ3n) is 1.96. The number of aromatic nitrogens is 1. The molecule has 0 amide bonds. The zero-order chi connectivity index (χ0) is 10.8. The summed E-state index contributed by atoms with van der Waals surface area (Å²) in [6, 6.07) is 3.60. The zero-order valence-corrected chi connectivity index (χ0v) is 8.57. The average Bonchev–Trinajstić information content (AvgIpc) is 2.49. The maximum absolute atomic E-state index is 12.7. The lowest BCUT2D eigenvalue weighted by atomic mass is 10.3. The highest BCUT2D eigenvalue weighted by molar-refractivity contribution is 5.78. The molecule has 0 saturated carbocycles. The molecule has 1 aliphatic rings. The molecule has 0 N–H and O–H groups in total. The Morgan fingerprint density at radius 3 is 2.47 bits per heavy atom. The summed E-state index contributed by atoms with van der Waals surface area (Å²) in [6.07, 6.45) is 1.93. The van der Waals surface area contributed by atoms with Crippen LogP contribution in [0.4, 0.5) is 4.39 Å². The number of allylic oxidation sites excluding steroid dienone is 1. The van der Waals surface area contributed by atoms with Crippen molar-refractivity contribution in [2.45, 2.75) is 20.1 Å². The molecule has 3 nitrogen and oxygen atoms in total. The standard InChI is InChI=1S/C11H11FN2O/c1-7-3-10(4-8(2)14-7)15-11-5-9(12)6-13-11/h3-6,11H,1-2H3. The van der Waals surface area contributed by atoms with Gasteiger partial charge in [-0.1, -0.05) is 0 Å². The molecule has 1 aromatic rings. The second-order valence-electron chi connectivity index (χ2n) is 3.42. The van der Waals surface area contributed by atoms with Gasteiger partial charge in [0.05, 0.1) is 6.21 Å². The smallest absolute Gasteiger partial charge is 0.212 e. The summed E-state index contributed by atoms with van der Waals surface area (Å²) in [4.78, 5) is 8.05. The van der Waals surface area contributed by atoms with Gasteiger partial charge in [-0.3, -0.25) is 4.98 Å². The Kier molecular flexibility index (Phi) is 2.49. The lowest BCUT2D eigenvalue weighted by Gasteiger charge is -2.09. The molecule has 2 rings (SSSR count). The first kappa shape index (κ1) is 9.83. The van der Waals surface area contributed by atoms with Gasteiger partial charge in [0.1, 0.15) is 11.6 Å². The van der Waals surface area contributed by atoms with Crippen LogP contribution in [-0.4, -0.2) is 17.4 Å². The van der Waals surface area contributed by atoms with Crippen LogP contribution in [-0.2, 0) is 0 Å². The van der Waals surface area contributed by atoms with Crippen molar-refractivity contribution in [1.29, 1.82) is 0 Å². The van der Waals surface area contributed by atoms with E-state index in [1.54, 1.807) is 12.1 Å². The monoisotopic (exact) mass is 206 g/mol. The Morgan fingerprint density at radius 2 is 1.93 bits per heavy atom. The summed E-state index contributed by atoms with van der Waals surface area (Å²) in [5.41, 5.74) is 1.74. The van der Waals surface area contributed by atoms with Crippen molar-refractivity contribution < 1.29 is 9.13 Å². The minimum atomic E-state index is -0.550. The highest BCUT2D eigenvalue weighted by atomic mass is 19.1. The van der Waals surface area contributed by atoms with Gasteiger partial charge >= 0.3 is 0 Å². The van der Waals surface area contributed by atoms with Crippen LogP contribution in [0.1, 0.15) is 11.4 Å². The number of rotatable bonds is 2. The number of aryl methyl sites for hydroxylation is 2. The van der Waals surface area contributed by atoms with Crippen LogP contribution in [0.15, 0.2) is 29.0 Å². The second kappa shape index (κ2) is 3.81. The van der Waals surface area contributed by atoms with E-state index in [-0.39, 0.29) is 5.83 Å². The molecule has 1 atom stereocenters.